The number of benzene rings is 1. The first-order chi connectivity index (χ1) is 8.38. The van der Waals surface area contributed by atoms with Gasteiger partial charge in [-0.05, 0) is 19.4 Å². The Labute approximate surface area is 105 Å². The normalized spacial score (nSPS) is 11.9. The van der Waals surface area contributed by atoms with Crippen molar-refractivity contribution in [1.29, 1.82) is 0 Å². The highest BCUT2D eigenvalue weighted by Crippen LogP contribution is 2.27. The summed E-state index contributed by atoms with van der Waals surface area (Å²) in [6, 6.07) is 3.88. The van der Waals surface area contributed by atoms with Gasteiger partial charge in [0.25, 0.3) is 5.69 Å². The topological polar surface area (TPSA) is 83.7 Å². The van der Waals surface area contributed by atoms with Gasteiger partial charge in [0, 0.05) is 25.2 Å². The molecule has 0 aliphatic heterocycles. The molecule has 0 radical (unpaired) electrons. The predicted octanol–water partition coefficient (Wildman–Crippen LogP) is 2.53. The van der Waals surface area contributed by atoms with Crippen LogP contribution in [0.1, 0.15) is 30.6 Å². The second-order valence-electron chi connectivity index (χ2n) is 4.13. The quantitative estimate of drug-likeness (QED) is 0.643. The first-order valence-corrected chi connectivity index (χ1v) is 5.63. The fourth-order valence-electron chi connectivity index (χ4n) is 1.62. The summed E-state index contributed by atoms with van der Waals surface area (Å²) in [6.07, 6.45) is 0.818. The molecule has 1 aromatic carbocycles. The molecule has 18 heavy (non-hydrogen) atoms. The van der Waals surface area contributed by atoms with E-state index in [9.17, 15) is 14.9 Å². The minimum Gasteiger partial charge on any atom is -0.478 e. The van der Waals surface area contributed by atoms with Crippen molar-refractivity contribution in [3.8, 4) is 0 Å². The van der Waals surface area contributed by atoms with Crippen molar-refractivity contribution < 1.29 is 14.8 Å². The third-order valence-corrected chi connectivity index (χ3v) is 3.05. The van der Waals surface area contributed by atoms with Crippen molar-refractivity contribution in [3.63, 3.8) is 0 Å². The largest absolute Gasteiger partial charge is 0.478 e. The maximum atomic E-state index is 11.1. The lowest BCUT2D eigenvalue weighted by Crippen LogP contribution is -2.29. The fraction of sp³-hybridized carbons (Fsp3) is 0.417. The Morgan fingerprint density at radius 2 is 2.17 bits per heavy atom. The molecule has 0 bridgehead atoms. The van der Waals surface area contributed by atoms with Crippen LogP contribution in [0.25, 0.3) is 0 Å². The number of carboxylic acids is 1. The van der Waals surface area contributed by atoms with Crippen LogP contribution in [0.5, 0.6) is 0 Å². The monoisotopic (exact) mass is 252 g/mol. The summed E-state index contributed by atoms with van der Waals surface area (Å²) in [5, 5.41) is 19.8. The van der Waals surface area contributed by atoms with Crippen LogP contribution >= 0.6 is 0 Å². The van der Waals surface area contributed by atoms with Gasteiger partial charge < -0.3 is 10.0 Å². The maximum absolute atomic E-state index is 11.1. The zero-order valence-corrected chi connectivity index (χ0v) is 10.6. The van der Waals surface area contributed by atoms with Gasteiger partial charge in [-0.3, -0.25) is 10.1 Å². The summed E-state index contributed by atoms with van der Waals surface area (Å²) >= 11 is 0. The maximum Gasteiger partial charge on any atom is 0.337 e. The molecule has 6 nitrogen and oxygen atoms in total. The van der Waals surface area contributed by atoms with E-state index in [1.54, 1.807) is 11.9 Å². The van der Waals surface area contributed by atoms with E-state index in [-0.39, 0.29) is 17.3 Å². The number of nitro groups is 1. The number of aromatic carboxylic acids is 1. The molecular formula is C12H16N2O4. The second-order valence-corrected chi connectivity index (χ2v) is 4.13. The Morgan fingerprint density at radius 3 is 2.61 bits per heavy atom. The van der Waals surface area contributed by atoms with Crippen molar-refractivity contribution in [3.05, 3.63) is 33.9 Å². The van der Waals surface area contributed by atoms with Gasteiger partial charge in [-0.15, -0.1) is 0 Å². The van der Waals surface area contributed by atoms with Gasteiger partial charge >= 0.3 is 5.97 Å². The Bertz CT molecular complexity index is 473. The van der Waals surface area contributed by atoms with Crippen LogP contribution in [0.4, 0.5) is 11.4 Å². The standard InChI is InChI=1S/C12H16N2O4/c1-4-8(2)13(3)11-7-9(14(17)18)5-6-10(11)12(15)16/h5-8H,4H2,1-3H3,(H,15,16). The van der Waals surface area contributed by atoms with E-state index in [0.29, 0.717) is 5.69 Å². The molecule has 1 rings (SSSR count). The molecule has 1 unspecified atom stereocenters. The molecule has 0 heterocycles. The van der Waals surface area contributed by atoms with Crippen LogP contribution < -0.4 is 4.90 Å². The average molecular weight is 252 g/mol. The van der Waals surface area contributed by atoms with Gasteiger partial charge in [0.2, 0.25) is 0 Å². The van der Waals surface area contributed by atoms with Crippen LogP contribution in [0.2, 0.25) is 0 Å². The number of carbonyl (C=O) groups is 1. The van der Waals surface area contributed by atoms with E-state index in [2.05, 4.69) is 0 Å². The first-order valence-electron chi connectivity index (χ1n) is 5.63. The number of non-ortho nitro benzene ring substituents is 1. The van der Waals surface area contributed by atoms with E-state index >= 15 is 0 Å². The molecule has 0 saturated carbocycles. The van der Waals surface area contributed by atoms with Gasteiger partial charge in [0.15, 0.2) is 0 Å². The second kappa shape index (κ2) is 5.48. The fourth-order valence-corrected chi connectivity index (χ4v) is 1.62. The molecule has 1 N–H and O–H groups in total. The van der Waals surface area contributed by atoms with E-state index in [4.69, 9.17) is 5.11 Å². The van der Waals surface area contributed by atoms with Crippen LogP contribution in [0, 0.1) is 10.1 Å². The van der Waals surface area contributed by atoms with E-state index in [1.165, 1.54) is 18.2 Å². The number of rotatable bonds is 5. The lowest BCUT2D eigenvalue weighted by Gasteiger charge is -2.27. The van der Waals surface area contributed by atoms with Crippen LogP contribution in [0.3, 0.4) is 0 Å². The number of nitro benzene ring substituents is 1. The molecule has 0 fully saturated rings. The highest BCUT2D eigenvalue weighted by Gasteiger charge is 2.20. The zero-order chi connectivity index (χ0) is 13.9. The van der Waals surface area contributed by atoms with Crippen molar-refractivity contribution in [2.75, 3.05) is 11.9 Å². The van der Waals surface area contributed by atoms with Crippen LogP contribution in [-0.4, -0.2) is 29.1 Å². The van der Waals surface area contributed by atoms with Crippen molar-refractivity contribution >= 4 is 17.3 Å². The Morgan fingerprint density at radius 1 is 1.56 bits per heavy atom. The molecule has 0 aliphatic carbocycles. The molecule has 0 aliphatic rings. The molecule has 6 heteroatoms. The van der Waals surface area contributed by atoms with Gasteiger partial charge in [0.1, 0.15) is 0 Å². The molecule has 0 saturated heterocycles. The SMILES string of the molecule is CCC(C)N(C)c1cc([N+](=O)[O-])ccc1C(=O)O. The zero-order valence-electron chi connectivity index (χ0n) is 10.6. The highest BCUT2D eigenvalue weighted by molar-refractivity contribution is 5.95. The third kappa shape index (κ3) is 2.77. The van der Waals surface area contributed by atoms with E-state index in [1.807, 2.05) is 13.8 Å². The Hall–Kier alpha value is -2.11. The smallest absolute Gasteiger partial charge is 0.337 e. The summed E-state index contributed by atoms with van der Waals surface area (Å²) in [5.74, 6) is -1.09. The van der Waals surface area contributed by atoms with Gasteiger partial charge in [0.05, 0.1) is 16.2 Å². The van der Waals surface area contributed by atoms with E-state index < -0.39 is 10.9 Å². The van der Waals surface area contributed by atoms with Gasteiger partial charge in [-0.2, -0.15) is 0 Å². The minimum absolute atomic E-state index is 0.0726. The lowest BCUT2D eigenvalue weighted by atomic mass is 10.1. The Kier molecular flexibility index (Phi) is 4.25. The van der Waals surface area contributed by atoms with Crippen molar-refractivity contribution in [2.24, 2.45) is 0 Å². The summed E-state index contributed by atoms with van der Waals surface area (Å²) in [7, 11) is 1.74. The molecule has 0 aromatic heterocycles. The summed E-state index contributed by atoms with van der Waals surface area (Å²) in [4.78, 5) is 23.1. The van der Waals surface area contributed by atoms with Crippen LogP contribution in [-0.2, 0) is 0 Å². The third-order valence-electron chi connectivity index (χ3n) is 3.05. The molecule has 1 atom stereocenters. The first kappa shape index (κ1) is 14.0. The highest BCUT2D eigenvalue weighted by atomic mass is 16.6. The Balaban J connectivity index is 3.31. The number of hydrogen-bond acceptors (Lipinski definition) is 4. The number of anilines is 1. The number of carboxylic acid groups (broad SMARTS) is 1. The van der Waals surface area contributed by atoms with Gasteiger partial charge in [-0.25, -0.2) is 4.79 Å². The number of hydrogen-bond donors (Lipinski definition) is 1. The molecular weight excluding hydrogens is 236 g/mol. The summed E-state index contributed by atoms with van der Waals surface area (Å²) in [5.41, 5.74) is 0.333. The minimum atomic E-state index is -1.09. The number of nitrogens with zero attached hydrogens (tertiary/aromatic N) is 2. The molecule has 98 valence electrons. The van der Waals surface area contributed by atoms with Crippen molar-refractivity contribution in [2.45, 2.75) is 26.3 Å². The lowest BCUT2D eigenvalue weighted by molar-refractivity contribution is -0.384. The summed E-state index contributed by atoms with van der Waals surface area (Å²) < 4.78 is 0. The molecule has 0 spiro atoms. The van der Waals surface area contributed by atoms with Crippen LogP contribution in [0.15, 0.2) is 18.2 Å². The molecule has 0 amide bonds. The molecule has 1 aromatic rings. The average Bonchev–Trinajstić information content (AvgIpc) is 2.35. The van der Waals surface area contributed by atoms with E-state index in [0.717, 1.165) is 6.42 Å². The predicted molar refractivity (Wildman–Crippen MR) is 68.2 cm³/mol. The van der Waals surface area contributed by atoms with Gasteiger partial charge in [-0.1, -0.05) is 6.92 Å². The summed E-state index contributed by atoms with van der Waals surface area (Å²) in [6.45, 7) is 3.91. The van der Waals surface area contributed by atoms with Crippen molar-refractivity contribution in [1.82, 2.24) is 0 Å².